The molecule has 0 radical (unpaired) electrons. The van der Waals surface area contributed by atoms with E-state index >= 15 is 0 Å². The van der Waals surface area contributed by atoms with Crippen LogP contribution < -0.4 is 0 Å². The van der Waals surface area contributed by atoms with Gasteiger partial charge < -0.3 is 4.90 Å². The molecule has 0 aliphatic carbocycles. The summed E-state index contributed by atoms with van der Waals surface area (Å²) in [5.74, 6) is 1.37. The molecule has 0 saturated carbocycles. The zero-order valence-electron chi connectivity index (χ0n) is 11.7. The zero-order chi connectivity index (χ0) is 14.1. The lowest BCUT2D eigenvalue weighted by Gasteiger charge is -2.33. The molecule has 2 aliphatic heterocycles. The lowest BCUT2D eigenvalue weighted by molar-refractivity contribution is -0.138. The van der Waals surface area contributed by atoms with Crippen LogP contribution in [-0.4, -0.2) is 35.4 Å². The van der Waals surface area contributed by atoms with Crippen molar-refractivity contribution in [3.05, 3.63) is 29.8 Å². The van der Waals surface area contributed by atoms with Gasteiger partial charge in [-0.2, -0.15) is 0 Å². The number of thioether (sulfide) groups is 1. The first kappa shape index (κ1) is 13.7. The van der Waals surface area contributed by atoms with Crippen molar-refractivity contribution in [2.75, 3.05) is 18.8 Å². The number of hydrogen-bond donors (Lipinski definition) is 0. The Bertz CT molecular complexity index is 543. The number of rotatable bonds is 2. The summed E-state index contributed by atoms with van der Waals surface area (Å²) in [6, 6.07) is 8.16. The molecule has 1 saturated heterocycles. The molecule has 1 aromatic rings. The van der Waals surface area contributed by atoms with Crippen LogP contribution in [0.2, 0.25) is 0 Å². The van der Waals surface area contributed by atoms with Gasteiger partial charge in [-0.3, -0.25) is 9.59 Å². The van der Waals surface area contributed by atoms with Crippen LogP contribution >= 0.6 is 11.8 Å². The van der Waals surface area contributed by atoms with E-state index in [1.165, 1.54) is 4.90 Å². The lowest BCUT2D eigenvalue weighted by Crippen LogP contribution is -2.45. The van der Waals surface area contributed by atoms with E-state index in [-0.39, 0.29) is 17.7 Å². The summed E-state index contributed by atoms with van der Waals surface area (Å²) in [6.45, 7) is 3.23. The molecule has 3 rings (SSSR count). The van der Waals surface area contributed by atoms with Crippen LogP contribution in [0.5, 0.6) is 0 Å². The Balaban J connectivity index is 1.76. The van der Waals surface area contributed by atoms with Gasteiger partial charge in [-0.25, -0.2) is 0 Å². The number of benzene rings is 1. The van der Waals surface area contributed by atoms with Crippen molar-refractivity contribution in [3.63, 3.8) is 0 Å². The van der Waals surface area contributed by atoms with E-state index in [4.69, 9.17) is 0 Å². The molecule has 3 nitrogen and oxygen atoms in total. The number of carbonyl (C=O) groups excluding carboxylic acids is 2. The number of fused-ring (bicyclic) bond motifs is 1. The fourth-order valence-electron chi connectivity index (χ4n) is 3.05. The zero-order valence-corrected chi connectivity index (χ0v) is 12.5. The molecule has 2 unspecified atom stereocenters. The first-order chi connectivity index (χ1) is 9.70. The standard InChI is InChI=1S/C16H19NO2S/c1-2-11-9-17(8-7-14(11)18)16(19)13-10-20-15-6-4-3-5-12(13)15/h3-6,11,13H,2,7-10H2,1H3. The van der Waals surface area contributed by atoms with Gasteiger partial charge in [0.15, 0.2) is 0 Å². The van der Waals surface area contributed by atoms with Crippen LogP contribution in [0.3, 0.4) is 0 Å². The third kappa shape index (κ3) is 2.37. The second-order valence-corrected chi connectivity index (χ2v) is 6.57. The minimum Gasteiger partial charge on any atom is -0.341 e. The molecule has 2 aliphatic rings. The predicted molar refractivity (Wildman–Crippen MR) is 79.9 cm³/mol. The SMILES string of the molecule is CCC1CN(C(=O)C2CSc3ccccc32)CCC1=O. The van der Waals surface area contributed by atoms with Crippen molar-refractivity contribution >= 4 is 23.5 Å². The van der Waals surface area contributed by atoms with Crippen LogP contribution in [0.1, 0.15) is 31.2 Å². The number of hydrogen-bond acceptors (Lipinski definition) is 3. The summed E-state index contributed by atoms with van der Waals surface area (Å²) in [6.07, 6.45) is 1.35. The smallest absolute Gasteiger partial charge is 0.231 e. The number of Topliss-reactive ketones (excluding diaryl/α,β-unsaturated/α-hetero) is 1. The molecule has 0 spiro atoms. The average molecular weight is 289 g/mol. The van der Waals surface area contributed by atoms with Gasteiger partial charge in [0, 0.05) is 36.1 Å². The largest absolute Gasteiger partial charge is 0.341 e. The minimum absolute atomic E-state index is 0.0260. The fraction of sp³-hybridized carbons (Fsp3) is 0.500. The molecular weight excluding hydrogens is 270 g/mol. The van der Waals surface area contributed by atoms with E-state index in [0.29, 0.717) is 25.3 Å². The molecule has 20 heavy (non-hydrogen) atoms. The molecule has 1 fully saturated rings. The second-order valence-electron chi connectivity index (χ2n) is 5.51. The summed E-state index contributed by atoms with van der Waals surface area (Å²) in [7, 11) is 0. The molecule has 1 aromatic carbocycles. The van der Waals surface area contributed by atoms with Gasteiger partial charge in [0.05, 0.1) is 5.92 Å². The Morgan fingerprint density at radius 3 is 3.00 bits per heavy atom. The van der Waals surface area contributed by atoms with Crippen LogP contribution in [-0.2, 0) is 9.59 Å². The maximum atomic E-state index is 12.7. The van der Waals surface area contributed by atoms with Crippen LogP contribution in [0.4, 0.5) is 0 Å². The first-order valence-corrected chi connectivity index (χ1v) is 8.22. The van der Waals surface area contributed by atoms with Gasteiger partial charge >= 0.3 is 0 Å². The number of likely N-dealkylation sites (tertiary alicyclic amines) is 1. The van der Waals surface area contributed by atoms with E-state index in [9.17, 15) is 9.59 Å². The first-order valence-electron chi connectivity index (χ1n) is 7.24. The average Bonchev–Trinajstić information content (AvgIpc) is 2.91. The highest BCUT2D eigenvalue weighted by Gasteiger charge is 2.35. The quantitative estimate of drug-likeness (QED) is 0.840. The monoisotopic (exact) mass is 289 g/mol. The Morgan fingerprint density at radius 1 is 1.40 bits per heavy atom. The van der Waals surface area contributed by atoms with Gasteiger partial charge in [-0.15, -0.1) is 11.8 Å². The molecule has 0 N–H and O–H groups in total. The van der Waals surface area contributed by atoms with Crippen LogP contribution in [0, 0.1) is 5.92 Å². The number of amides is 1. The van der Waals surface area contributed by atoms with E-state index in [1.54, 1.807) is 11.8 Å². The van der Waals surface area contributed by atoms with E-state index in [0.717, 1.165) is 17.7 Å². The number of piperidine rings is 1. The molecule has 2 heterocycles. The Morgan fingerprint density at radius 2 is 2.20 bits per heavy atom. The number of carbonyl (C=O) groups is 2. The molecule has 0 bridgehead atoms. The summed E-state index contributed by atoms with van der Waals surface area (Å²) in [5.41, 5.74) is 1.16. The summed E-state index contributed by atoms with van der Waals surface area (Å²) >= 11 is 1.76. The molecular formula is C16H19NO2S. The predicted octanol–water partition coefficient (Wildman–Crippen LogP) is 2.70. The van der Waals surface area contributed by atoms with Crippen molar-refractivity contribution in [3.8, 4) is 0 Å². The normalized spacial score (nSPS) is 25.6. The van der Waals surface area contributed by atoms with Gasteiger partial charge in [-0.1, -0.05) is 25.1 Å². The summed E-state index contributed by atoms with van der Waals surface area (Å²) in [4.78, 5) is 27.6. The Kier molecular flexibility index (Phi) is 3.83. The molecule has 4 heteroatoms. The summed E-state index contributed by atoms with van der Waals surface area (Å²) < 4.78 is 0. The van der Waals surface area contributed by atoms with Crippen LogP contribution in [0.25, 0.3) is 0 Å². The highest BCUT2D eigenvalue weighted by molar-refractivity contribution is 7.99. The molecule has 106 valence electrons. The maximum Gasteiger partial charge on any atom is 0.231 e. The maximum absolute atomic E-state index is 12.7. The van der Waals surface area contributed by atoms with E-state index in [1.807, 2.05) is 24.0 Å². The van der Waals surface area contributed by atoms with E-state index < -0.39 is 0 Å². The molecule has 2 atom stereocenters. The molecule has 1 amide bonds. The molecule has 0 aromatic heterocycles. The van der Waals surface area contributed by atoms with Gasteiger partial charge in [0.25, 0.3) is 0 Å². The van der Waals surface area contributed by atoms with Gasteiger partial charge in [0.2, 0.25) is 5.91 Å². The fourth-order valence-corrected chi connectivity index (χ4v) is 4.27. The van der Waals surface area contributed by atoms with E-state index in [2.05, 4.69) is 12.1 Å². The minimum atomic E-state index is -0.0260. The van der Waals surface area contributed by atoms with Crippen LogP contribution in [0.15, 0.2) is 29.2 Å². The topological polar surface area (TPSA) is 37.4 Å². The number of nitrogens with zero attached hydrogens (tertiary/aromatic N) is 1. The highest BCUT2D eigenvalue weighted by atomic mass is 32.2. The Labute approximate surface area is 123 Å². The van der Waals surface area contributed by atoms with Gasteiger partial charge in [0.1, 0.15) is 5.78 Å². The summed E-state index contributed by atoms with van der Waals surface area (Å²) in [5, 5.41) is 0. The van der Waals surface area contributed by atoms with Crippen molar-refractivity contribution in [1.29, 1.82) is 0 Å². The Hall–Kier alpha value is -1.29. The van der Waals surface area contributed by atoms with Crippen molar-refractivity contribution in [2.24, 2.45) is 5.92 Å². The highest BCUT2D eigenvalue weighted by Crippen LogP contribution is 2.40. The lowest BCUT2D eigenvalue weighted by atomic mass is 9.92. The third-order valence-electron chi connectivity index (χ3n) is 4.33. The number of ketones is 1. The van der Waals surface area contributed by atoms with Crippen molar-refractivity contribution in [1.82, 2.24) is 4.90 Å². The van der Waals surface area contributed by atoms with Crippen molar-refractivity contribution in [2.45, 2.75) is 30.6 Å². The third-order valence-corrected chi connectivity index (χ3v) is 5.51. The second kappa shape index (κ2) is 5.60. The van der Waals surface area contributed by atoms with Crippen molar-refractivity contribution < 1.29 is 9.59 Å². The van der Waals surface area contributed by atoms with Gasteiger partial charge in [-0.05, 0) is 18.1 Å².